The van der Waals surface area contributed by atoms with Crippen LogP contribution in [0, 0.1) is 6.26 Å². The minimum absolute atomic E-state index is 1.15. The quantitative estimate of drug-likeness (QED) is 0.421. The van der Waals surface area contributed by atoms with Gasteiger partial charge in [-0.3, -0.25) is 0 Å². The first-order valence-electron chi connectivity index (χ1n) is 1.40. The molecule has 3 heteroatoms. The Kier molecular flexibility index (Phi) is 0.774. The van der Waals surface area contributed by atoms with E-state index < -0.39 is 0 Å². The number of nitrogens with zero attached hydrogens (tertiary/aromatic N) is 1. The molecule has 0 saturated heterocycles. The number of rotatable bonds is 0. The summed E-state index contributed by atoms with van der Waals surface area (Å²) in [6, 6.07) is 0. The molecule has 0 atom stereocenters. The number of ether oxygens (including phenoxy) is 1. The van der Waals surface area contributed by atoms with E-state index >= 15 is 0 Å². The summed E-state index contributed by atoms with van der Waals surface area (Å²) < 4.78 is 4.35. The third-order valence-corrected chi connectivity index (χ3v) is 0.325. The van der Waals surface area contributed by atoms with E-state index in [-0.39, 0.29) is 0 Å². The van der Waals surface area contributed by atoms with E-state index in [1.165, 1.54) is 6.26 Å². The smallest absolute Gasteiger partial charge is 0.219 e. The molecule has 1 heterocycles. The molecule has 0 aromatic heterocycles. The van der Waals surface area contributed by atoms with Crippen LogP contribution in [0.15, 0.2) is 11.4 Å². The molecule has 1 radical (unpaired) electrons. The average molecular weight is 84.1 g/mol. The van der Waals surface area contributed by atoms with E-state index in [4.69, 9.17) is 0 Å². The average Bonchev–Trinajstić information content (AvgIpc) is 1.72. The fourth-order valence-corrected chi connectivity index (χ4v) is 0.157. The summed E-state index contributed by atoms with van der Waals surface area (Å²) in [5, 5.41) is 3.21. The molecule has 0 aromatic carbocycles. The third-order valence-electron chi connectivity index (χ3n) is 0.325. The van der Waals surface area contributed by atoms with Crippen LogP contribution in [-0.2, 0) is 9.57 Å². The summed E-state index contributed by atoms with van der Waals surface area (Å²) in [4.78, 5) is 4.28. The largest absolute Gasteiger partial charge is 0.435 e. The molecule has 0 bridgehead atoms. The summed E-state index contributed by atoms with van der Waals surface area (Å²) in [6.45, 7) is 0. The highest BCUT2D eigenvalue weighted by atomic mass is 16.7. The molecule has 0 N–H and O–H groups in total. The second kappa shape index (κ2) is 1.45. The number of oxime groups is 1. The Morgan fingerprint density at radius 2 is 2.67 bits per heavy atom. The molecule has 0 aliphatic carbocycles. The lowest BCUT2D eigenvalue weighted by atomic mass is 11.0. The van der Waals surface area contributed by atoms with E-state index in [2.05, 4.69) is 21.0 Å². The summed E-state index contributed by atoms with van der Waals surface area (Å²) in [7, 11) is 0. The van der Waals surface area contributed by atoms with Gasteiger partial charge in [-0.25, -0.2) is 0 Å². The van der Waals surface area contributed by atoms with Crippen LogP contribution in [0.1, 0.15) is 0 Å². The predicted octanol–water partition coefficient (Wildman–Crippen LogP) is 0.251. The lowest BCUT2D eigenvalue weighted by molar-refractivity contribution is 0.220. The highest BCUT2D eigenvalue weighted by Crippen LogP contribution is 1.82. The van der Waals surface area contributed by atoms with Crippen molar-refractivity contribution in [2.45, 2.75) is 0 Å². The Bertz CT molecular complexity index is 66.8. The van der Waals surface area contributed by atoms with Crippen molar-refractivity contribution in [1.29, 1.82) is 0 Å². The Labute approximate surface area is 34.9 Å². The van der Waals surface area contributed by atoms with Gasteiger partial charge in [-0.15, -0.1) is 0 Å². The van der Waals surface area contributed by atoms with Gasteiger partial charge >= 0.3 is 0 Å². The summed E-state index contributed by atoms with van der Waals surface area (Å²) in [6.07, 6.45) is 4.66. The van der Waals surface area contributed by atoms with Crippen LogP contribution < -0.4 is 0 Å². The second-order valence-electron chi connectivity index (χ2n) is 0.670. The lowest BCUT2D eigenvalue weighted by Gasteiger charge is -1.90. The van der Waals surface area contributed by atoms with Crippen molar-refractivity contribution in [2.75, 3.05) is 0 Å². The van der Waals surface area contributed by atoms with Crippen molar-refractivity contribution in [3.8, 4) is 0 Å². The SMILES string of the molecule is [C]1=CON=CO1. The first-order chi connectivity index (χ1) is 3.00. The minimum Gasteiger partial charge on any atom is -0.435 e. The van der Waals surface area contributed by atoms with Crippen molar-refractivity contribution >= 4 is 6.40 Å². The zero-order valence-electron chi connectivity index (χ0n) is 2.92. The molecule has 0 unspecified atom stereocenters. The molecular formula is C3H2NO2. The molecule has 1 rings (SSSR count). The summed E-state index contributed by atoms with van der Waals surface area (Å²) in [5.41, 5.74) is 0. The van der Waals surface area contributed by atoms with Crippen LogP contribution in [-0.4, -0.2) is 6.40 Å². The molecule has 1 aliphatic rings. The molecule has 0 spiro atoms. The van der Waals surface area contributed by atoms with Crippen molar-refractivity contribution in [3.05, 3.63) is 12.5 Å². The number of hydrogen-bond acceptors (Lipinski definition) is 3. The van der Waals surface area contributed by atoms with Crippen LogP contribution in [0.2, 0.25) is 0 Å². The molecule has 0 fully saturated rings. The predicted molar refractivity (Wildman–Crippen MR) is 18.5 cm³/mol. The van der Waals surface area contributed by atoms with Gasteiger partial charge in [-0.1, -0.05) is 0 Å². The van der Waals surface area contributed by atoms with Gasteiger partial charge in [0.1, 0.15) is 0 Å². The van der Waals surface area contributed by atoms with Crippen LogP contribution in [0.5, 0.6) is 0 Å². The van der Waals surface area contributed by atoms with E-state index in [1.54, 1.807) is 0 Å². The Balaban J connectivity index is 2.40. The van der Waals surface area contributed by atoms with E-state index in [9.17, 15) is 0 Å². The second-order valence-corrected chi connectivity index (χ2v) is 0.670. The van der Waals surface area contributed by atoms with Gasteiger partial charge in [0.25, 0.3) is 0 Å². The van der Waals surface area contributed by atoms with Gasteiger partial charge in [0.15, 0.2) is 6.26 Å². The van der Waals surface area contributed by atoms with Crippen LogP contribution in [0.25, 0.3) is 0 Å². The molecule has 1 aliphatic heterocycles. The van der Waals surface area contributed by atoms with Gasteiger partial charge in [0.2, 0.25) is 12.7 Å². The van der Waals surface area contributed by atoms with Crippen LogP contribution in [0.3, 0.4) is 0 Å². The van der Waals surface area contributed by atoms with Crippen LogP contribution in [0.4, 0.5) is 0 Å². The molecule has 0 amide bonds. The topological polar surface area (TPSA) is 30.8 Å². The van der Waals surface area contributed by atoms with Crippen molar-refractivity contribution in [1.82, 2.24) is 0 Å². The van der Waals surface area contributed by atoms with Crippen molar-refractivity contribution in [2.24, 2.45) is 5.16 Å². The van der Waals surface area contributed by atoms with Gasteiger partial charge in [0, 0.05) is 0 Å². The standard InChI is InChI=1S/C3H2NO2/c1-2-6-4-3-5-1/h2-3H. The van der Waals surface area contributed by atoms with Gasteiger partial charge in [0.05, 0.1) is 0 Å². The lowest BCUT2D eigenvalue weighted by Crippen LogP contribution is -1.83. The highest BCUT2D eigenvalue weighted by molar-refractivity contribution is 5.46. The Morgan fingerprint density at radius 3 is 2.83 bits per heavy atom. The van der Waals surface area contributed by atoms with Crippen molar-refractivity contribution in [3.63, 3.8) is 0 Å². The van der Waals surface area contributed by atoms with E-state index in [0.717, 1.165) is 6.40 Å². The van der Waals surface area contributed by atoms with Gasteiger partial charge < -0.3 is 9.57 Å². The summed E-state index contributed by atoms with van der Waals surface area (Å²) in [5.74, 6) is 0. The van der Waals surface area contributed by atoms with Crippen molar-refractivity contribution < 1.29 is 9.57 Å². The zero-order chi connectivity index (χ0) is 4.24. The summed E-state index contributed by atoms with van der Waals surface area (Å²) >= 11 is 0. The molecule has 0 aromatic rings. The first kappa shape index (κ1) is 3.21. The molecule has 0 saturated carbocycles. The normalized spacial score (nSPS) is 16.0. The molecule has 3 nitrogen and oxygen atoms in total. The maximum absolute atomic E-state index is 4.35. The van der Waals surface area contributed by atoms with Gasteiger partial charge in [-0.2, -0.15) is 0 Å². The van der Waals surface area contributed by atoms with Crippen LogP contribution >= 0.6 is 0 Å². The van der Waals surface area contributed by atoms with E-state index in [0.29, 0.717) is 0 Å². The molecular weight excluding hydrogens is 82.0 g/mol. The van der Waals surface area contributed by atoms with E-state index in [1.807, 2.05) is 0 Å². The van der Waals surface area contributed by atoms with Gasteiger partial charge in [-0.05, 0) is 5.16 Å². The highest BCUT2D eigenvalue weighted by Gasteiger charge is 1.78. The molecule has 6 heavy (non-hydrogen) atoms. The Morgan fingerprint density at radius 1 is 1.67 bits per heavy atom. The maximum Gasteiger partial charge on any atom is 0.219 e. The third kappa shape index (κ3) is 0.484. The fourth-order valence-electron chi connectivity index (χ4n) is 0.157. The minimum atomic E-state index is 1.15. The molecule has 31 valence electrons. The fraction of sp³-hybridized carbons (Fsp3) is 0. The number of hydrogen-bond donors (Lipinski definition) is 0. The monoisotopic (exact) mass is 84.0 g/mol. The Hall–Kier alpha value is -0.990. The first-order valence-corrected chi connectivity index (χ1v) is 1.40. The maximum atomic E-state index is 4.35. The zero-order valence-corrected chi connectivity index (χ0v) is 2.92.